The molecular weight excluding hydrogens is 270 g/mol. The van der Waals surface area contributed by atoms with Crippen molar-refractivity contribution < 1.29 is 14.3 Å². The summed E-state index contributed by atoms with van der Waals surface area (Å²) in [7, 11) is 1.64. The molecule has 120 valence electrons. The number of rotatable bonds is 3. The van der Waals surface area contributed by atoms with Crippen LogP contribution in [-0.2, 0) is 9.53 Å². The summed E-state index contributed by atoms with van der Waals surface area (Å²) in [6.07, 6.45) is 3.66. The molecule has 0 spiro atoms. The number of piperidine rings is 1. The predicted octanol–water partition coefficient (Wildman–Crippen LogP) is 1.25. The van der Waals surface area contributed by atoms with Crippen molar-refractivity contribution >= 4 is 12.0 Å². The standard InChI is InChI=1S/C15H27N3O3/c1-15(2,3)21-14(20)18-11-5-6-12(18)8-10(7-11)17-9-13(19)16-4/h10-12,17H,5-9H2,1-4H3,(H,16,19). The molecule has 2 aliphatic rings. The molecule has 0 aromatic carbocycles. The van der Waals surface area contributed by atoms with Crippen LogP contribution in [0, 0.1) is 0 Å². The number of hydrogen-bond donors (Lipinski definition) is 2. The second-order valence-corrected chi connectivity index (χ2v) is 7.00. The van der Waals surface area contributed by atoms with Crippen molar-refractivity contribution in [3.05, 3.63) is 0 Å². The van der Waals surface area contributed by atoms with E-state index in [4.69, 9.17) is 4.74 Å². The second kappa shape index (κ2) is 6.22. The van der Waals surface area contributed by atoms with Crippen molar-refractivity contribution in [1.29, 1.82) is 0 Å². The van der Waals surface area contributed by atoms with E-state index in [0.717, 1.165) is 25.7 Å². The van der Waals surface area contributed by atoms with Crippen LogP contribution in [0.4, 0.5) is 4.79 Å². The highest BCUT2D eigenvalue weighted by molar-refractivity contribution is 5.77. The summed E-state index contributed by atoms with van der Waals surface area (Å²) in [5.74, 6) is -0.00285. The van der Waals surface area contributed by atoms with Gasteiger partial charge < -0.3 is 20.3 Å². The first-order valence-electron chi connectivity index (χ1n) is 7.75. The maximum atomic E-state index is 12.3. The van der Waals surface area contributed by atoms with Crippen molar-refractivity contribution in [3.63, 3.8) is 0 Å². The first-order chi connectivity index (χ1) is 9.80. The highest BCUT2D eigenvalue weighted by atomic mass is 16.6. The Balaban J connectivity index is 1.90. The van der Waals surface area contributed by atoms with Gasteiger partial charge in [-0.3, -0.25) is 4.79 Å². The zero-order chi connectivity index (χ0) is 15.6. The van der Waals surface area contributed by atoms with Gasteiger partial charge in [-0.2, -0.15) is 0 Å². The number of nitrogens with one attached hydrogen (secondary N) is 2. The topological polar surface area (TPSA) is 70.7 Å². The Hall–Kier alpha value is -1.30. The number of likely N-dealkylation sites (N-methyl/N-ethyl adjacent to an activating group) is 1. The largest absolute Gasteiger partial charge is 0.444 e. The quantitative estimate of drug-likeness (QED) is 0.822. The fraction of sp³-hybridized carbons (Fsp3) is 0.867. The zero-order valence-corrected chi connectivity index (χ0v) is 13.4. The van der Waals surface area contributed by atoms with Gasteiger partial charge in [0.25, 0.3) is 0 Å². The van der Waals surface area contributed by atoms with Gasteiger partial charge in [-0.25, -0.2) is 4.79 Å². The van der Waals surface area contributed by atoms with Crippen LogP contribution in [0.5, 0.6) is 0 Å². The Morgan fingerprint density at radius 3 is 2.24 bits per heavy atom. The van der Waals surface area contributed by atoms with E-state index in [2.05, 4.69) is 10.6 Å². The molecule has 6 nitrogen and oxygen atoms in total. The van der Waals surface area contributed by atoms with E-state index in [-0.39, 0.29) is 24.1 Å². The Bertz CT molecular complexity index is 391. The monoisotopic (exact) mass is 297 g/mol. The van der Waals surface area contributed by atoms with Crippen LogP contribution in [-0.4, -0.2) is 54.2 Å². The lowest BCUT2D eigenvalue weighted by Crippen LogP contribution is -2.53. The van der Waals surface area contributed by atoms with Crippen molar-refractivity contribution in [2.24, 2.45) is 0 Å². The molecule has 0 aliphatic carbocycles. The van der Waals surface area contributed by atoms with Crippen molar-refractivity contribution in [1.82, 2.24) is 15.5 Å². The van der Waals surface area contributed by atoms with E-state index in [9.17, 15) is 9.59 Å². The van der Waals surface area contributed by atoms with Crippen LogP contribution in [0.15, 0.2) is 0 Å². The van der Waals surface area contributed by atoms with Gasteiger partial charge >= 0.3 is 6.09 Å². The minimum Gasteiger partial charge on any atom is -0.444 e. The van der Waals surface area contributed by atoms with Gasteiger partial charge in [-0.15, -0.1) is 0 Å². The second-order valence-electron chi connectivity index (χ2n) is 7.00. The molecule has 0 radical (unpaired) electrons. The first kappa shape index (κ1) is 16.1. The molecule has 2 heterocycles. The Labute approximate surface area is 126 Å². The summed E-state index contributed by atoms with van der Waals surface area (Å²) < 4.78 is 5.51. The molecule has 2 unspecified atom stereocenters. The molecule has 2 fully saturated rings. The number of carbonyl (C=O) groups is 2. The summed E-state index contributed by atoms with van der Waals surface area (Å²) in [6.45, 7) is 6.02. The third kappa shape index (κ3) is 4.09. The van der Waals surface area contributed by atoms with Crippen molar-refractivity contribution in [3.8, 4) is 0 Å². The lowest BCUT2D eigenvalue weighted by atomic mass is 9.98. The van der Waals surface area contributed by atoms with E-state index in [1.807, 2.05) is 25.7 Å². The molecule has 2 rings (SSSR count). The maximum absolute atomic E-state index is 12.3. The molecule has 2 atom stereocenters. The van der Waals surface area contributed by atoms with Crippen LogP contribution < -0.4 is 10.6 Å². The number of nitrogens with zero attached hydrogens (tertiary/aromatic N) is 1. The summed E-state index contributed by atoms with van der Waals surface area (Å²) in [4.78, 5) is 25.5. The van der Waals surface area contributed by atoms with E-state index in [1.54, 1.807) is 7.05 Å². The number of hydrogen-bond acceptors (Lipinski definition) is 4. The fourth-order valence-corrected chi connectivity index (χ4v) is 3.28. The molecule has 0 saturated carbocycles. The summed E-state index contributed by atoms with van der Waals surface area (Å²) in [5, 5.41) is 5.90. The van der Waals surface area contributed by atoms with Crippen molar-refractivity contribution in [2.45, 2.75) is 70.2 Å². The van der Waals surface area contributed by atoms with Gasteiger partial charge in [0.05, 0.1) is 6.54 Å². The lowest BCUT2D eigenvalue weighted by Gasteiger charge is -2.39. The van der Waals surface area contributed by atoms with Gasteiger partial charge in [0, 0.05) is 25.2 Å². The van der Waals surface area contributed by atoms with E-state index in [1.165, 1.54) is 0 Å². The SMILES string of the molecule is CNC(=O)CNC1CC2CCC(C1)N2C(=O)OC(C)(C)C. The minimum atomic E-state index is -0.454. The molecule has 2 saturated heterocycles. The van der Waals surface area contributed by atoms with Crippen LogP contribution >= 0.6 is 0 Å². The van der Waals surface area contributed by atoms with Crippen LogP contribution in [0.25, 0.3) is 0 Å². The van der Waals surface area contributed by atoms with Gasteiger partial charge in [-0.05, 0) is 46.5 Å². The average Bonchev–Trinajstić information content (AvgIpc) is 2.65. The average molecular weight is 297 g/mol. The number of amides is 2. The number of carbonyl (C=O) groups excluding carboxylic acids is 2. The smallest absolute Gasteiger partial charge is 0.410 e. The highest BCUT2D eigenvalue weighted by Crippen LogP contribution is 2.36. The number of ether oxygens (including phenoxy) is 1. The molecule has 21 heavy (non-hydrogen) atoms. The molecule has 0 aromatic heterocycles. The van der Waals surface area contributed by atoms with E-state index < -0.39 is 5.60 Å². The van der Waals surface area contributed by atoms with Crippen LogP contribution in [0.1, 0.15) is 46.5 Å². The molecule has 0 aromatic rings. The van der Waals surface area contributed by atoms with E-state index in [0.29, 0.717) is 12.6 Å². The lowest BCUT2D eigenvalue weighted by molar-refractivity contribution is -0.120. The summed E-state index contributed by atoms with van der Waals surface area (Å²) in [6, 6.07) is 0.778. The maximum Gasteiger partial charge on any atom is 0.410 e. The highest BCUT2D eigenvalue weighted by Gasteiger charge is 2.44. The predicted molar refractivity (Wildman–Crippen MR) is 80.0 cm³/mol. The molecule has 2 aliphatic heterocycles. The summed E-state index contributed by atoms with van der Waals surface area (Å²) in [5.41, 5.74) is -0.454. The number of fused-ring (bicyclic) bond motifs is 2. The van der Waals surface area contributed by atoms with E-state index >= 15 is 0 Å². The van der Waals surface area contributed by atoms with Crippen LogP contribution in [0.3, 0.4) is 0 Å². The molecule has 2 N–H and O–H groups in total. The van der Waals surface area contributed by atoms with Gasteiger partial charge in [-0.1, -0.05) is 0 Å². The molecule has 6 heteroatoms. The fourth-order valence-electron chi connectivity index (χ4n) is 3.28. The first-order valence-corrected chi connectivity index (χ1v) is 7.75. The van der Waals surface area contributed by atoms with Crippen molar-refractivity contribution in [2.75, 3.05) is 13.6 Å². The molecule has 2 bridgehead atoms. The molecule has 2 amide bonds. The zero-order valence-electron chi connectivity index (χ0n) is 13.4. The van der Waals surface area contributed by atoms with Gasteiger partial charge in [0.1, 0.15) is 5.60 Å². The Kier molecular flexibility index (Phi) is 4.76. The normalized spacial score (nSPS) is 28.4. The van der Waals surface area contributed by atoms with Gasteiger partial charge in [0.15, 0.2) is 0 Å². The Morgan fingerprint density at radius 1 is 1.19 bits per heavy atom. The molecular formula is C15H27N3O3. The van der Waals surface area contributed by atoms with Crippen LogP contribution in [0.2, 0.25) is 0 Å². The Morgan fingerprint density at radius 2 is 1.76 bits per heavy atom. The summed E-state index contributed by atoms with van der Waals surface area (Å²) >= 11 is 0. The van der Waals surface area contributed by atoms with Gasteiger partial charge in [0.2, 0.25) is 5.91 Å². The third-order valence-corrected chi connectivity index (χ3v) is 4.17. The third-order valence-electron chi connectivity index (χ3n) is 4.17. The minimum absolute atomic E-state index is 0.00285.